The van der Waals surface area contributed by atoms with Crippen LogP contribution in [0.25, 0.3) is 17.2 Å². The van der Waals surface area contributed by atoms with Gasteiger partial charge >= 0.3 is 5.89 Å². The molecule has 3 aromatic rings. The van der Waals surface area contributed by atoms with Gasteiger partial charge in [0.25, 0.3) is 15.6 Å². The summed E-state index contributed by atoms with van der Waals surface area (Å²) in [5.74, 6) is 2.73. The summed E-state index contributed by atoms with van der Waals surface area (Å²) in [6, 6.07) is 11.8. The fourth-order valence-electron chi connectivity index (χ4n) is 4.23. The standard InChI is InChI=1S/C28H32Br2N2O5S/c1-5-20(14-27-31(12-10-18(2)3)23-16-21(29)6-8-25(23)36-27)15-28-32(13-11-19(4)38(33,34)35)24-17-22(30)7-9-26(24)37-28/h6-9,14-19H,5,10-13H2,1-4H3/p+1. The first-order chi connectivity index (χ1) is 18.0. The van der Waals surface area contributed by atoms with Gasteiger partial charge in [0.05, 0.1) is 17.0 Å². The Labute approximate surface area is 241 Å². The van der Waals surface area contributed by atoms with Gasteiger partial charge < -0.3 is 14.1 Å². The number of anilines is 1. The van der Waals surface area contributed by atoms with Crippen molar-refractivity contribution in [1.29, 1.82) is 0 Å². The first-order valence-corrected chi connectivity index (χ1v) is 15.8. The van der Waals surface area contributed by atoms with Gasteiger partial charge in [-0.3, -0.25) is 4.55 Å². The van der Waals surface area contributed by atoms with Crippen LogP contribution in [0.1, 0.15) is 52.8 Å². The number of rotatable bonds is 10. The van der Waals surface area contributed by atoms with Crippen LogP contribution in [0, 0.1) is 5.92 Å². The number of benzene rings is 2. The Hall–Kier alpha value is -2.14. The maximum absolute atomic E-state index is 11.6. The molecule has 1 unspecified atom stereocenters. The molecule has 0 radical (unpaired) electrons. The number of aryl methyl sites for hydroxylation is 1. The van der Waals surface area contributed by atoms with Crippen molar-refractivity contribution >= 4 is 64.8 Å². The number of ether oxygens (including phenoxy) is 1. The van der Waals surface area contributed by atoms with Gasteiger partial charge in [0.15, 0.2) is 12.3 Å². The first kappa shape index (κ1) is 28.9. The molecular weight excluding hydrogens is 636 g/mol. The van der Waals surface area contributed by atoms with Gasteiger partial charge in [-0.1, -0.05) is 52.6 Å². The number of aromatic nitrogens is 1. The van der Waals surface area contributed by atoms with Gasteiger partial charge in [-0.15, -0.1) is 0 Å². The molecule has 204 valence electrons. The van der Waals surface area contributed by atoms with E-state index in [4.69, 9.17) is 9.15 Å². The topological polar surface area (TPSA) is 83.9 Å². The Morgan fingerprint density at radius 3 is 2.50 bits per heavy atom. The number of oxazole rings is 1. The highest BCUT2D eigenvalue weighted by Crippen LogP contribution is 2.41. The maximum atomic E-state index is 11.6. The van der Waals surface area contributed by atoms with Crippen molar-refractivity contribution in [2.45, 2.75) is 58.8 Å². The molecule has 2 heterocycles. The number of hydrogen-bond donors (Lipinski definition) is 1. The van der Waals surface area contributed by atoms with Gasteiger partial charge in [-0.2, -0.15) is 13.0 Å². The average molecular weight is 669 g/mol. The lowest BCUT2D eigenvalue weighted by Gasteiger charge is -2.20. The van der Waals surface area contributed by atoms with Crippen molar-refractivity contribution in [3.8, 4) is 5.75 Å². The van der Waals surface area contributed by atoms with E-state index in [1.54, 1.807) is 0 Å². The number of halogens is 2. The lowest BCUT2D eigenvalue weighted by atomic mass is 10.1. The summed E-state index contributed by atoms with van der Waals surface area (Å²) in [5, 5.41) is -0.893. The van der Waals surface area contributed by atoms with Crippen LogP contribution in [-0.2, 0) is 16.7 Å². The van der Waals surface area contributed by atoms with Crippen molar-refractivity contribution < 1.29 is 26.7 Å². The molecule has 0 spiro atoms. The lowest BCUT2D eigenvalue weighted by Crippen LogP contribution is -2.37. The lowest BCUT2D eigenvalue weighted by molar-refractivity contribution is -0.678. The van der Waals surface area contributed by atoms with Crippen LogP contribution in [-0.4, -0.2) is 24.8 Å². The summed E-state index contributed by atoms with van der Waals surface area (Å²) in [6.07, 6.45) is 6.00. The molecule has 1 aromatic heterocycles. The average Bonchev–Trinajstić information content (AvgIpc) is 3.36. The molecule has 4 rings (SSSR count). The minimum absolute atomic E-state index is 0.240. The van der Waals surface area contributed by atoms with Crippen LogP contribution in [0.4, 0.5) is 5.69 Å². The predicted molar refractivity (Wildman–Crippen MR) is 158 cm³/mol. The smallest absolute Gasteiger partial charge is 0.374 e. The third kappa shape index (κ3) is 6.70. The second-order valence-corrected chi connectivity index (χ2v) is 13.6. The van der Waals surface area contributed by atoms with Gasteiger partial charge in [0.2, 0.25) is 11.5 Å². The fraction of sp³-hybridized carbons (Fsp3) is 0.393. The van der Waals surface area contributed by atoms with Crippen LogP contribution in [0.15, 0.2) is 67.3 Å². The van der Waals surface area contributed by atoms with Crippen LogP contribution in [0.3, 0.4) is 0 Å². The summed E-state index contributed by atoms with van der Waals surface area (Å²) in [6.45, 7) is 9.19. The summed E-state index contributed by atoms with van der Waals surface area (Å²) >= 11 is 7.10. The molecule has 1 atom stereocenters. The molecule has 2 aromatic carbocycles. The minimum Gasteiger partial charge on any atom is -0.439 e. The Balaban J connectivity index is 1.73. The quantitative estimate of drug-likeness (QED) is 0.178. The molecule has 1 N–H and O–H groups in total. The van der Waals surface area contributed by atoms with Crippen molar-refractivity contribution in [2.24, 2.45) is 5.92 Å². The van der Waals surface area contributed by atoms with Crippen molar-refractivity contribution in [2.75, 3.05) is 11.4 Å². The summed E-state index contributed by atoms with van der Waals surface area (Å²) in [7, 11) is -4.12. The summed E-state index contributed by atoms with van der Waals surface area (Å²) in [5.41, 5.74) is 3.56. The second kappa shape index (κ2) is 11.9. The zero-order chi connectivity index (χ0) is 27.6. The third-order valence-electron chi connectivity index (χ3n) is 6.61. The highest BCUT2D eigenvalue weighted by atomic mass is 79.9. The van der Waals surface area contributed by atoms with Gasteiger partial charge in [0, 0.05) is 34.1 Å². The van der Waals surface area contributed by atoms with E-state index in [1.165, 1.54) is 6.92 Å². The summed E-state index contributed by atoms with van der Waals surface area (Å²) in [4.78, 5) is 2.21. The van der Waals surface area contributed by atoms with E-state index in [1.807, 2.05) is 47.1 Å². The largest absolute Gasteiger partial charge is 0.439 e. The molecule has 1 aliphatic rings. The summed E-state index contributed by atoms with van der Waals surface area (Å²) < 4.78 is 49.1. The molecule has 0 saturated heterocycles. The van der Waals surface area contributed by atoms with Gasteiger partial charge in [-0.05, 0) is 61.6 Å². The van der Waals surface area contributed by atoms with E-state index in [0.29, 0.717) is 23.9 Å². The number of nitrogens with zero attached hydrogens (tertiary/aromatic N) is 2. The normalized spacial score (nSPS) is 15.9. The minimum atomic E-state index is -4.12. The van der Waals surface area contributed by atoms with E-state index >= 15 is 0 Å². The Kier molecular flexibility index (Phi) is 9.07. The van der Waals surface area contributed by atoms with E-state index in [9.17, 15) is 13.0 Å². The van der Waals surface area contributed by atoms with Gasteiger partial charge in [-0.25, -0.2) is 0 Å². The first-order valence-electron chi connectivity index (χ1n) is 12.7. The zero-order valence-electron chi connectivity index (χ0n) is 21.9. The second-order valence-electron chi connectivity index (χ2n) is 9.92. The number of fused-ring (bicyclic) bond motifs is 2. The zero-order valence-corrected chi connectivity index (χ0v) is 25.9. The number of allylic oxidation sites excluding steroid dienone is 2. The van der Waals surface area contributed by atoms with Crippen molar-refractivity contribution in [1.82, 2.24) is 0 Å². The van der Waals surface area contributed by atoms with Crippen LogP contribution in [0.2, 0.25) is 0 Å². The monoisotopic (exact) mass is 667 g/mol. The van der Waals surface area contributed by atoms with Crippen LogP contribution < -0.4 is 14.2 Å². The van der Waals surface area contributed by atoms with Crippen LogP contribution in [0.5, 0.6) is 5.75 Å². The van der Waals surface area contributed by atoms with E-state index < -0.39 is 15.4 Å². The van der Waals surface area contributed by atoms with Crippen LogP contribution >= 0.6 is 31.9 Å². The Morgan fingerprint density at radius 1 is 1.11 bits per heavy atom. The van der Waals surface area contributed by atoms with Crippen molar-refractivity contribution in [3.63, 3.8) is 0 Å². The molecule has 10 heteroatoms. The van der Waals surface area contributed by atoms with Crippen molar-refractivity contribution in [3.05, 3.63) is 68.8 Å². The Bertz CT molecular complexity index is 1490. The molecule has 0 aliphatic carbocycles. The fourth-order valence-corrected chi connectivity index (χ4v) is 5.34. The third-order valence-corrected chi connectivity index (χ3v) is 8.85. The van der Waals surface area contributed by atoms with E-state index in [0.717, 1.165) is 56.7 Å². The van der Waals surface area contributed by atoms with Gasteiger partial charge in [0.1, 0.15) is 0 Å². The molecule has 0 bridgehead atoms. The molecule has 0 amide bonds. The van der Waals surface area contributed by atoms with E-state index in [-0.39, 0.29) is 6.42 Å². The predicted octanol–water partition coefficient (Wildman–Crippen LogP) is 7.49. The van der Waals surface area contributed by atoms with E-state index in [2.05, 4.69) is 63.6 Å². The molecule has 0 fully saturated rings. The highest BCUT2D eigenvalue weighted by Gasteiger charge is 2.28. The highest BCUT2D eigenvalue weighted by molar-refractivity contribution is 9.10. The molecule has 38 heavy (non-hydrogen) atoms. The number of hydrogen-bond acceptors (Lipinski definition) is 5. The molecule has 7 nitrogen and oxygen atoms in total. The SMILES string of the molecule is CCC(=C/c1oc2ccc(Br)cc2[n+]1CCC(C)S(=O)(=O)O)/C=C1/Oc2ccc(Br)cc2N1CCC(C)C. The maximum Gasteiger partial charge on any atom is 0.374 e. The molecule has 0 saturated carbocycles. The Morgan fingerprint density at radius 2 is 1.82 bits per heavy atom. The molecule has 1 aliphatic heterocycles. The molecular formula is C28H33Br2N2O5S+.